The van der Waals surface area contributed by atoms with Crippen molar-refractivity contribution in [2.75, 3.05) is 20.1 Å². The van der Waals surface area contributed by atoms with Crippen LogP contribution >= 0.6 is 0 Å². The summed E-state index contributed by atoms with van der Waals surface area (Å²) in [6.07, 6.45) is 12.2. The molecule has 2 aliphatic heterocycles. The summed E-state index contributed by atoms with van der Waals surface area (Å²) in [5, 5.41) is 0. The highest BCUT2D eigenvalue weighted by Gasteiger charge is 2.40. The summed E-state index contributed by atoms with van der Waals surface area (Å²) in [6, 6.07) is 10.3. The number of rotatable bonds is 6. The molecule has 4 nitrogen and oxygen atoms in total. The molecule has 0 unspecified atom stereocenters. The summed E-state index contributed by atoms with van der Waals surface area (Å²) < 4.78 is 0. The van der Waals surface area contributed by atoms with Crippen LogP contribution in [0.2, 0.25) is 0 Å². The molecule has 1 saturated carbocycles. The average Bonchev–Trinajstić information content (AvgIpc) is 2.93. The Bertz CT molecular complexity index is 641. The van der Waals surface area contributed by atoms with Gasteiger partial charge in [0.25, 0.3) is 0 Å². The van der Waals surface area contributed by atoms with Gasteiger partial charge in [-0.1, -0.05) is 31.4 Å². The van der Waals surface area contributed by atoms with Crippen molar-refractivity contribution in [1.29, 1.82) is 0 Å². The van der Waals surface area contributed by atoms with Crippen LogP contribution in [0, 0.1) is 0 Å². The van der Waals surface area contributed by atoms with Gasteiger partial charge in [-0.3, -0.25) is 9.69 Å². The van der Waals surface area contributed by atoms with Gasteiger partial charge in [-0.2, -0.15) is 0 Å². The van der Waals surface area contributed by atoms with Gasteiger partial charge < -0.3 is 10.6 Å². The second-order valence-corrected chi connectivity index (χ2v) is 9.05. The minimum absolute atomic E-state index is 0.317. The third kappa shape index (κ3) is 4.22. The molecule has 1 aliphatic carbocycles. The Labute approximate surface area is 164 Å². The predicted octanol–water partition coefficient (Wildman–Crippen LogP) is 3.76. The van der Waals surface area contributed by atoms with Crippen molar-refractivity contribution in [2.24, 2.45) is 5.73 Å². The smallest absolute Gasteiger partial charge is 0.248 e. The van der Waals surface area contributed by atoms with E-state index in [1.165, 1.54) is 76.4 Å². The van der Waals surface area contributed by atoms with Crippen molar-refractivity contribution in [3.8, 4) is 0 Å². The van der Waals surface area contributed by atoms with Gasteiger partial charge in [0.15, 0.2) is 0 Å². The number of amides is 1. The molecule has 1 amide bonds. The van der Waals surface area contributed by atoms with Crippen molar-refractivity contribution < 1.29 is 4.79 Å². The first-order chi connectivity index (χ1) is 13.1. The molecule has 4 heteroatoms. The molecular formula is C23H35N3O. The largest absolute Gasteiger partial charge is 0.366 e. The van der Waals surface area contributed by atoms with E-state index in [2.05, 4.69) is 22.9 Å². The zero-order chi connectivity index (χ0) is 18.8. The zero-order valence-corrected chi connectivity index (χ0v) is 16.8. The Morgan fingerprint density at radius 3 is 2.48 bits per heavy atom. The molecular weight excluding hydrogens is 334 g/mol. The highest BCUT2D eigenvalue weighted by atomic mass is 16.1. The third-order valence-electron chi connectivity index (χ3n) is 7.44. The lowest BCUT2D eigenvalue weighted by molar-refractivity contribution is 0.0970. The lowest BCUT2D eigenvalue weighted by atomic mass is 9.84. The molecule has 3 fully saturated rings. The van der Waals surface area contributed by atoms with Crippen molar-refractivity contribution in [1.82, 2.24) is 9.80 Å². The molecule has 2 heterocycles. The Hall–Kier alpha value is -1.39. The van der Waals surface area contributed by atoms with Crippen LogP contribution in [0.4, 0.5) is 0 Å². The molecule has 0 spiro atoms. The van der Waals surface area contributed by atoms with Crippen molar-refractivity contribution in [3.05, 3.63) is 35.4 Å². The van der Waals surface area contributed by atoms with E-state index in [0.29, 0.717) is 23.6 Å². The van der Waals surface area contributed by atoms with Crippen LogP contribution in [0.25, 0.3) is 0 Å². The molecule has 1 aromatic carbocycles. The SMILES string of the molecule is CN(CCN1[C@@H]2CC[C@H]1C[C@@H](c1cccc(C(N)=O)c1)C2)C1CCCCC1. The molecule has 0 radical (unpaired) electrons. The van der Waals surface area contributed by atoms with E-state index in [4.69, 9.17) is 5.73 Å². The van der Waals surface area contributed by atoms with E-state index in [0.717, 1.165) is 6.04 Å². The van der Waals surface area contributed by atoms with E-state index in [1.807, 2.05) is 18.2 Å². The van der Waals surface area contributed by atoms with Gasteiger partial charge in [-0.05, 0) is 69.2 Å². The summed E-state index contributed by atoms with van der Waals surface area (Å²) in [5.41, 5.74) is 7.44. The normalized spacial score (nSPS) is 29.3. The Morgan fingerprint density at radius 2 is 1.81 bits per heavy atom. The van der Waals surface area contributed by atoms with Crippen LogP contribution in [0.3, 0.4) is 0 Å². The number of carbonyl (C=O) groups is 1. The van der Waals surface area contributed by atoms with Gasteiger partial charge >= 0.3 is 0 Å². The fourth-order valence-electron chi connectivity index (χ4n) is 5.83. The molecule has 1 aromatic rings. The maximum atomic E-state index is 11.5. The zero-order valence-electron chi connectivity index (χ0n) is 16.8. The fourth-order valence-corrected chi connectivity index (χ4v) is 5.83. The number of primary amides is 1. The number of nitrogens with two attached hydrogens (primary N) is 1. The van der Waals surface area contributed by atoms with E-state index < -0.39 is 0 Å². The van der Waals surface area contributed by atoms with E-state index in [1.54, 1.807) is 0 Å². The number of benzene rings is 1. The monoisotopic (exact) mass is 369 g/mol. The first-order valence-corrected chi connectivity index (χ1v) is 11.0. The predicted molar refractivity (Wildman–Crippen MR) is 110 cm³/mol. The Balaban J connectivity index is 1.35. The highest BCUT2D eigenvalue weighted by Crippen LogP contribution is 2.43. The maximum Gasteiger partial charge on any atom is 0.248 e. The number of hydrogen-bond donors (Lipinski definition) is 1. The second kappa shape index (κ2) is 8.32. The van der Waals surface area contributed by atoms with Gasteiger partial charge in [-0.25, -0.2) is 0 Å². The number of nitrogens with zero attached hydrogens (tertiary/aromatic N) is 2. The molecule has 27 heavy (non-hydrogen) atoms. The number of piperidine rings is 1. The number of carbonyl (C=O) groups excluding carboxylic acids is 1. The lowest BCUT2D eigenvalue weighted by Gasteiger charge is -2.41. The van der Waals surface area contributed by atoms with Crippen molar-refractivity contribution in [2.45, 2.75) is 81.8 Å². The van der Waals surface area contributed by atoms with Crippen LogP contribution in [0.1, 0.15) is 79.6 Å². The summed E-state index contributed by atoms with van der Waals surface area (Å²) >= 11 is 0. The number of fused-ring (bicyclic) bond motifs is 2. The molecule has 3 atom stereocenters. The van der Waals surface area contributed by atoms with Crippen LogP contribution in [0.15, 0.2) is 24.3 Å². The minimum Gasteiger partial charge on any atom is -0.366 e. The van der Waals surface area contributed by atoms with Gasteiger partial charge in [-0.15, -0.1) is 0 Å². The van der Waals surface area contributed by atoms with Crippen LogP contribution in [-0.4, -0.2) is 54.0 Å². The summed E-state index contributed by atoms with van der Waals surface area (Å²) in [4.78, 5) is 16.9. The molecule has 3 aliphatic rings. The second-order valence-electron chi connectivity index (χ2n) is 9.05. The van der Waals surface area contributed by atoms with Gasteiger partial charge in [0, 0.05) is 36.8 Å². The Morgan fingerprint density at radius 1 is 1.11 bits per heavy atom. The Kier molecular flexibility index (Phi) is 5.84. The van der Waals surface area contributed by atoms with Crippen molar-refractivity contribution in [3.63, 3.8) is 0 Å². The number of likely N-dealkylation sites (N-methyl/N-ethyl adjacent to an activating group) is 1. The summed E-state index contributed by atoms with van der Waals surface area (Å²) in [5.74, 6) is 0.261. The average molecular weight is 370 g/mol. The standard InChI is InChI=1S/C23H35N3O/c1-25(20-8-3-2-4-9-20)12-13-26-21-10-11-22(26)16-19(15-21)17-6-5-7-18(14-17)23(24)27/h5-7,14,19-22H,2-4,8-13,15-16H2,1H3,(H2,24,27)/t19-,21+,22-. The highest BCUT2D eigenvalue weighted by molar-refractivity contribution is 5.92. The first kappa shape index (κ1) is 18.9. The van der Waals surface area contributed by atoms with E-state index >= 15 is 0 Å². The van der Waals surface area contributed by atoms with Crippen LogP contribution in [-0.2, 0) is 0 Å². The van der Waals surface area contributed by atoms with Crippen molar-refractivity contribution >= 4 is 5.91 Å². The molecule has 2 saturated heterocycles. The fraction of sp³-hybridized carbons (Fsp3) is 0.696. The molecule has 0 aromatic heterocycles. The number of hydrogen-bond acceptors (Lipinski definition) is 3. The maximum absolute atomic E-state index is 11.5. The molecule has 4 rings (SSSR count). The molecule has 2 N–H and O–H groups in total. The van der Waals surface area contributed by atoms with Gasteiger partial charge in [0.1, 0.15) is 0 Å². The minimum atomic E-state index is -0.317. The van der Waals surface area contributed by atoms with Gasteiger partial charge in [0.05, 0.1) is 0 Å². The molecule has 148 valence electrons. The lowest BCUT2D eigenvalue weighted by Crippen LogP contribution is -2.47. The van der Waals surface area contributed by atoms with Crippen LogP contribution in [0.5, 0.6) is 0 Å². The summed E-state index contributed by atoms with van der Waals surface area (Å²) in [6.45, 7) is 2.43. The van der Waals surface area contributed by atoms with E-state index in [9.17, 15) is 4.79 Å². The summed E-state index contributed by atoms with van der Waals surface area (Å²) in [7, 11) is 2.33. The molecule has 2 bridgehead atoms. The quantitative estimate of drug-likeness (QED) is 0.830. The topological polar surface area (TPSA) is 49.6 Å². The van der Waals surface area contributed by atoms with Crippen LogP contribution < -0.4 is 5.73 Å². The third-order valence-corrected chi connectivity index (χ3v) is 7.44. The first-order valence-electron chi connectivity index (χ1n) is 11.0. The van der Waals surface area contributed by atoms with E-state index in [-0.39, 0.29) is 5.91 Å². The van der Waals surface area contributed by atoms with Gasteiger partial charge in [0.2, 0.25) is 5.91 Å².